The zero-order valence-electron chi connectivity index (χ0n) is 13.0. The topological polar surface area (TPSA) is 105 Å². The van der Waals surface area contributed by atoms with Crippen LogP contribution in [-0.4, -0.2) is 48.4 Å². The van der Waals surface area contributed by atoms with Crippen molar-refractivity contribution in [2.75, 3.05) is 19.6 Å². The molecule has 7 nitrogen and oxygen atoms in total. The minimum absolute atomic E-state index is 0.00480. The van der Waals surface area contributed by atoms with Gasteiger partial charge in [-0.05, 0) is 25.8 Å². The van der Waals surface area contributed by atoms with E-state index >= 15 is 0 Å². The van der Waals surface area contributed by atoms with Crippen LogP contribution in [-0.2, 0) is 9.59 Å². The third kappa shape index (κ3) is 4.98. The monoisotopic (exact) mass is 310 g/mol. The molecule has 2 rings (SSSR count). The number of nitrogens with one attached hydrogen (secondary N) is 2. The van der Waals surface area contributed by atoms with Crippen LogP contribution in [0.3, 0.4) is 0 Å². The summed E-state index contributed by atoms with van der Waals surface area (Å²) in [7, 11) is 0. The third-order valence-corrected chi connectivity index (χ3v) is 4.60. The average molecular weight is 310 g/mol. The lowest BCUT2D eigenvalue weighted by Crippen LogP contribution is -2.39. The van der Waals surface area contributed by atoms with E-state index in [1.54, 1.807) is 0 Å². The number of hydrogen-bond acceptors (Lipinski definition) is 4. The smallest absolute Gasteiger partial charge is 0.318 e. The number of nitrogens with two attached hydrogens (primary N) is 1. The Morgan fingerprint density at radius 2 is 1.82 bits per heavy atom. The second-order valence-corrected chi connectivity index (χ2v) is 6.23. The van der Waals surface area contributed by atoms with Gasteiger partial charge in [-0.3, -0.25) is 19.8 Å². The summed E-state index contributed by atoms with van der Waals surface area (Å²) < 4.78 is 0. The first kappa shape index (κ1) is 16.7. The summed E-state index contributed by atoms with van der Waals surface area (Å²) in [6, 6.07) is -0.219. The molecule has 4 amide bonds. The van der Waals surface area contributed by atoms with E-state index in [0.717, 1.165) is 19.5 Å². The van der Waals surface area contributed by atoms with Crippen molar-refractivity contribution in [3.05, 3.63) is 0 Å². The zero-order chi connectivity index (χ0) is 15.9. The van der Waals surface area contributed by atoms with Gasteiger partial charge in [0.05, 0.1) is 5.92 Å². The number of primary amides is 1. The van der Waals surface area contributed by atoms with Gasteiger partial charge in [0.15, 0.2) is 0 Å². The number of hydrogen-bond donors (Lipinski definition) is 3. The fourth-order valence-corrected chi connectivity index (χ4v) is 3.42. The lowest BCUT2D eigenvalue weighted by Gasteiger charge is -2.30. The molecule has 0 aromatic rings. The molecule has 1 aliphatic heterocycles. The fraction of sp³-hybridized carbons (Fsp3) is 0.800. The molecule has 1 atom stereocenters. The lowest BCUT2D eigenvalue weighted by molar-refractivity contribution is -0.124. The van der Waals surface area contributed by atoms with E-state index in [1.165, 1.54) is 32.1 Å². The van der Waals surface area contributed by atoms with E-state index in [0.29, 0.717) is 6.04 Å². The van der Waals surface area contributed by atoms with Gasteiger partial charge in [-0.15, -0.1) is 0 Å². The molecule has 2 aliphatic rings. The predicted octanol–water partition coefficient (Wildman–Crippen LogP) is 0.342. The van der Waals surface area contributed by atoms with Crippen LogP contribution < -0.4 is 16.4 Å². The maximum atomic E-state index is 12.1. The van der Waals surface area contributed by atoms with Crippen molar-refractivity contribution in [3.63, 3.8) is 0 Å². The summed E-state index contributed by atoms with van der Waals surface area (Å²) in [5.74, 6) is -0.450. The van der Waals surface area contributed by atoms with Crippen LogP contribution in [0.2, 0.25) is 0 Å². The van der Waals surface area contributed by atoms with Crippen molar-refractivity contribution in [2.24, 2.45) is 11.7 Å². The normalized spacial score (nSPS) is 23.2. The highest BCUT2D eigenvalue weighted by molar-refractivity contribution is 5.93. The fourth-order valence-electron chi connectivity index (χ4n) is 3.42. The molecular formula is C15H26N4O3. The van der Waals surface area contributed by atoms with Crippen molar-refractivity contribution >= 4 is 17.8 Å². The molecule has 4 N–H and O–H groups in total. The summed E-state index contributed by atoms with van der Waals surface area (Å²) in [5.41, 5.74) is 4.85. The van der Waals surface area contributed by atoms with Crippen LogP contribution in [0, 0.1) is 5.92 Å². The van der Waals surface area contributed by atoms with Gasteiger partial charge in [-0.25, -0.2) is 4.79 Å². The van der Waals surface area contributed by atoms with Crippen LogP contribution in [0.5, 0.6) is 0 Å². The molecule has 2 fully saturated rings. The van der Waals surface area contributed by atoms with Crippen molar-refractivity contribution in [1.29, 1.82) is 0 Å². The number of carbonyl (C=O) groups is 3. The predicted molar refractivity (Wildman–Crippen MR) is 81.9 cm³/mol. The van der Waals surface area contributed by atoms with Gasteiger partial charge in [-0.2, -0.15) is 0 Å². The Kier molecular flexibility index (Phi) is 6.18. The summed E-state index contributed by atoms with van der Waals surface area (Å²) >= 11 is 0. The molecule has 1 saturated heterocycles. The van der Waals surface area contributed by atoms with E-state index in [1.807, 2.05) is 5.32 Å². The molecule has 1 aliphatic carbocycles. The second-order valence-electron chi connectivity index (χ2n) is 6.23. The maximum absolute atomic E-state index is 12.1. The quantitative estimate of drug-likeness (QED) is 0.681. The molecule has 0 radical (unpaired) electrons. The van der Waals surface area contributed by atoms with Gasteiger partial charge in [0, 0.05) is 25.6 Å². The largest absolute Gasteiger partial charge is 0.355 e. The highest BCUT2D eigenvalue weighted by Crippen LogP contribution is 2.27. The highest BCUT2D eigenvalue weighted by Gasteiger charge is 2.32. The van der Waals surface area contributed by atoms with Crippen LogP contribution in [0.15, 0.2) is 0 Å². The van der Waals surface area contributed by atoms with Crippen LogP contribution in [0.1, 0.15) is 44.9 Å². The number of rotatable bonds is 5. The molecular weight excluding hydrogens is 284 g/mol. The molecule has 0 spiro atoms. The van der Waals surface area contributed by atoms with Crippen LogP contribution >= 0.6 is 0 Å². The Labute approximate surface area is 131 Å². The van der Waals surface area contributed by atoms with Crippen LogP contribution in [0.25, 0.3) is 0 Å². The Morgan fingerprint density at radius 3 is 2.50 bits per heavy atom. The van der Waals surface area contributed by atoms with Crippen molar-refractivity contribution in [2.45, 2.75) is 51.0 Å². The van der Waals surface area contributed by atoms with E-state index in [9.17, 15) is 14.4 Å². The first-order valence-electron chi connectivity index (χ1n) is 8.17. The molecule has 124 valence electrons. The molecule has 22 heavy (non-hydrogen) atoms. The van der Waals surface area contributed by atoms with Gasteiger partial charge < -0.3 is 11.1 Å². The maximum Gasteiger partial charge on any atom is 0.318 e. The number of urea groups is 1. The lowest BCUT2D eigenvalue weighted by atomic mass is 9.94. The minimum atomic E-state index is -0.866. The van der Waals surface area contributed by atoms with Crippen molar-refractivity contribution in [1.82, 2.24) is 15.5 Å². The minimum Gasteiger partial charge on any atom is -0.355 e. The standard InChI is InChI=1S/C15H26N4O3/c16-15(22)18-13(20)6-8-17-14(21)11-7-9-19(10-11)12-4-2-1-3-5-12/h11-12H,1-10H2,(H,17,21)(H3,16,18,20,22)/t11-/m1/s1. The SMILES string of the molecule is NC(=O)NC(=O)CCNC(=O)[C@@H]1CCN(C2CCCCC2)C1. The van der Waals surface area contributed by atoms with Gasteiger partial charge >= 0.3 is 6.03 Å². The first-order chi connectivity index (χ1) is 10.6. The Hall–Kier alpha value is -1.63. The molecule has 0 bridgehead atoms. The number of amides is 4. The zero-order valence-corrected chi connectivity index (χ0v) is 13.0. The third-order valence-electron chi connectivity index (χ3n) is 4.60. The molecule has 0 aromatic carbocycles. The average Bonchev–Trinajstić information content (AvgIpc) is 2.97. The van der Waals surface area contributed by atoms with Crippen molar-refractivity contribution in [3.8, 4) is 0 Å². The van der Waals surface area contributed by atoms with Gasteiger partial charge in [-0.1, -0.05) is 19.3 Å². The molecule has 7 heteroatoms. The van der Waals surface area contributed by atoms with Crippen molar-refractivity contribution < 1.29 is 14.4 Å². The van der Waals surface area contributed by atoms with E-state index in [2.05, 4.69) is 10.2 Å². The number of nitrogens with zero attached hydrogens (tertiary/aromatic N) is 1. The molecule has 0 aromatic heterocycles. The Balaban J connectivity index is 1.66. The first-order valence-corrected chi connectivity index (χ1v) is 8.17. The Morgan fingerprint density at radius 1 is 1.09 bits per heavy atom. The highest BCUT2D eigenvalue weighted by atomic mass is 16.2. The molecule has 1 saturated carbocycles. The number of imide groups is 1. The van der Waals surface area contributed by atoms with E-state index in [4.69, 9.17) is 5.73 Å². The van der Waals surface area contributed by atoms with E-state index < -0.39 is 11.9 Å². The molecule has 0 unspecified atom stereocenters. The van der Waals surface area contributed by atoms with Crippen LogP contribution in [0.4, 0.5) is 4.79 Å². The van der Waals surface area contributed by atoms with Gasteiger partial charge in [0.25, 0.3) is 0 Å². The Bertz CT molecular complexity index is 421. The summed E-state index contributed by atoms with van der Waals surface area (Å²) in [6.07, 6.45) is 7.38. The van der Waals surface area contributed by atoms with Gasteiger partial charge in [0.1, 0.15) is 0 Å². The summed E-state index contributed by atoms with van der Waals surface area (Å²) in [6.45, 7) is 2.05. The number of carbonyl (C=O) groups excluding carboxylic acids is 3. The summed E-state index contributed by atoms with van der Waals surface area (Å²) in [5, 5.41) is 4.75. The van der Waals surface area contributed by atoms with E-state index in [-0.39, 0.29) is 24.8 Å². The second kappa shape index (κ2) is 8.12. The molecule has 1 heterocycles. The summed E-state index contributed by atoms with van der Waals surface area (Å²) in [4.78, 5) is 36.3. The van der Waals surface area contributed by atoms with Gasteiger partial charge in [0.2, 0.25) is 11.8 Å². The number of likely N-dealkylation sites (tertiary alicyclic amines) is 1.